The summed E-state index contributed by atoms with van der Waals surface area (Å²) >= 11 is 1.41. The molecule has 0 atom stereocenters. The van der Waals surface area contributed by atoms with Gasteiger partial charge in [-0.15, -0.1) is 0 Å². The lowest BCUT2D eigenvalue weighted by atomic mass is 10.1. The Morgan fingerprint density at radius 2 is 2.05 bits per heavy atom. The van der Waals surface area contributed by atoms with Crippen molar-refractivity contribution in [2.24, 2.45) is 0 Å². The largest absolute Gasteiger partial charge is 0.477 e. The molecule has 2 rings (SSSR count). The minimum Gasteiger partial charge on any atom is -0.477 e. The third kappa shape index (κ3) is 3.83. The smallest absolute Gasteiger partial charge is 0.341 e. The first-order valence-electron chi connectivity index (χ1n) is 6.61. The van der Waals surface area contributed by atoms with E-state index in [1.165, 1.54) is 43.6 Å². The minimum absolute atomic E-state index is 0.155. The van der Waals surface area contributed by atoms with Crippen LogP contribution in [0.2, 0.25) is 0 Å². The standard InChI is InChI=1S/C13H19N3O2S/c1-19-13-14-8-10(12(17)18)11(16-13)15-9-6-4-2-3-5-7-9/h8-9H,2-7H2,1H3,(H,17,18)(H,14,15,16). The second-order valence-electron chi connectivity index (χ2n) is 4.76. The molecular weight excluding hydrogens is 262 g/mol. The van der Waals surface area contributed by atoms with Gasteiger partial charge in [-0.25, -0.2) is 14.8 Å². The van der Waals surface area contributed by atoms with Gasteiger partial charge in [0, 0.05) is 12.2 Å². The Balaban J connectivity index is 2.18. The van der Waals surface area contributed by atoms with Gasteiger partial charge in [0.15, 0.2) is 5.16 Å². The maximum atomic E-state index is 11.2. The van der Waals surface area contributed by atoms with Gasteiger partial charge in [-0.3, -0.25) is 0 Å². The van der Waals surface area contributed by atoms with Crippen LogP contribution in [0.25, 0.3) is 0 Å². The number of rotatable bonds is 4. The lowest BCUT2D eigenvalue weighted by Crippen LogP contribution is -2.21. The summed E-state index contributed by atoms with van der Waals surface area (Å²) in [6.07, 6.45) is 10.4. The van der Waals surface area contributed by atoms with Crippen molar-refractivity contribution in [3.63, 3.8) is 0 Å². The summed E-state index contributed by atoms with van der Waals surface area (Å²) in [4.78, 5) is 19.5. The number of nitrogens with zero attached hydrogens (tertiary/aromatic N) is 2. The van der Waals surface area contributed by atoms with E-state index in [0.717, 1.165) is 12.8 Å². The maximum Gasteiger partial charge on any atom is 0.341 e. The maximum absolute atomic E-state index is 11.2. The lowest BCUT2D eigenvalue weighted by molar-refractivity contribution is 0.0697. The van der Waals surface area contributed by atoms with Gasteiger partial charge < -0.3 is 10.4 Å². The lowest BCUT2D eigenvalue weighted by Gasteiger charge is -2.18. The van der Waals surface area contributed by atoms with Crippen molar-refractivity contribution >= 4 is 23.5 Å². The van der Waals surface area contributed by atoms with E-state index in [-0.39, 0.29) is 5.56 Å². The highest BCUT2D eigenvalue weighted by molar-refractivity contribution is 7.98. The molecular formula is C13H19N3O2S. The molecule has 0 aromatic carbocycles. The summed E-state index contributed by atoms with van der Waals surface area (Å²) in [5, 5.41) is 13.1. The molecule has 0 radical (unpaired) electrons. The first kappa shape index (κ1) is 14.1. The normalized spacial score (nSPS) is 16.9. The Morgan fingerprint density at radius 1 is 1.37 bits per heavy atom. The number of thioether (sulfide) groups is 1. The highest BCUT2D eigenvalue weighted by Crippen LogP contribution is 2.23. The van der Waals surface area contributed by atoms with E-state index in [0.29, 0.717) is 17.0 Å². The van der Waals surface area contributed by atoms with Crippen LogP contribution in [-0.4, -0.2) is 33.3 Å². The van der Waals surface area contributed by atoms with Gasteiger partial charge in [-0.05, 0) is 19.1 Å². The first-order chi connectivity index (χ1) is 9.20. The third-order valence-corrected chi connectivity index (χ3v) is 3.94. The van der Waals surface area contributed by atoms with Crippen molar-refractivity contribution in [2.75, 3.05) is 11.6 Å². The van der Waals surface area contributed by atoms with Crippen molar-refractivity contribution in [2.45, 2.75) is 49.7 Å². The van der Waals surface area contributed by atoms with Gasteiger partial charge in [0.1, 0.15) is 11.4 Å². The first-order valence-corrected chi connectivity index (χ1v) is 7.84. The van der Waals surface area contributed by atoms with Crippen LogP contribution in [0.4, 0.5) is 5.82 Å². The van der Waals surface area contributed by atoms with Gasteiger partial charge in [-0.1, -0.05) is 37.4 Å². The molecule has 0 unspecified atom stereocenters. The number of aromatic carboxylic acids is 1. The highest BCUT2D eigenvalue weighted by atomic mass is 32.2. The van der Waals surface area contributed by atoms with Crippen LogP contribution < -0.4 is 5.32 Å². The van der Waals surface area contributed by atoms with Crippen LogP contribution in [-0.2, 0) is 0 Å². The number of aromatic nitrogens is 2. The molecule has 0 amide bonds. The number of carbonyl (C=O) groups is 1. The number of carboxylic acids is 1. The molecule has 5 nitrogen and oxygen atoms in total. The van der Waals surface area contributed by atoms with Crippen LogP contribution in [0.5, 0.6) is 0 Å². The molecule has 0 bridgehead atoms. The van der Waals surface area contributed by atoms with Gasteiger partial charge in [0.05, 0.1) is 0 Å². The van der Waals surface area contributed by atoms with E-state index in [2.05, 4.69) is 15.3 Å². The molecule has 1 aliphatic rings. The SMILES string of the molecule is CSc1ncc(C(=O)O)c(NC2CCCCCC2)n1. The van der Waals surface area contributed by atoms with Crippen molar-refractivity contribution in [3.8, 4) is 0 Å². The monoisotopic (exact) mass is 281 g/mol. The fraction of sp³-hybridized carbons (Fsp3) is 0.615. The van der Waals surface area contributed by atoms with Crippen molar-refractivity contribution < 1.29 is 9.90 Å². The number of anilines is 1. The molecule has 1 aliphatic carbocycles. The summed E-state index contributed by atoms with van der Waals surface area (Å²) in [6, 6.07) is 0.324. The fourth-order valence-corrected chi connectivity index (χ4v) is 2.69. The Kier molecular flexibility index (Phi) is 5.01. The summed E-state index contributed by atoms with van der Waals surface area (Å²) in [6.45, 7) is 0. The van der Waals surface area contributed by atoms with E-state index in [9.17, 15) is 9.90 Å². The second-order valence-corrected chi connectivity index (χ2v) is 5.53. The van der Waals surface area contributed by atoms with Crippen LogP contribution >= 0.6 is 11.8 Å². The number of nitrogens with one attached hydrogen (secondary N) is 1. The molecule has 0 aliphatic heterocycles. The summed E-state index contributed by atoms with van der Waals surface area (Å²) < 4.78 is 0. The average Bonchev–Trinajstić information content (AvgIpc) is 2.67. The summed E-state index contributed by atoms with van der Waals surface area (Å²) in [5.74, 6) is -0.525. The zero-order valence-corrected chi connectivity index (χ0v) is 11.9. The zero-order valence-electron chi connectivity index (χ0n) is 11.1. The molecule has 1 heterocycles. The average molecular weight is 281 g/mol. The van der Waals surface area contributed by atoms with Gasteiger partial charge in [0.2, 0.25) is 0 Å². The van der Waals surface area contributed by atoms with Crippen LogP contribution in [0.1, 0.15) is 48.9 Å². The van der Waals surface area contributed by atoms with E-state index in [1.54, 1.807) is 0 Å². The number of hydrogen-bond acceptors (Lipinski definition) is 5. The molecule has 0 spiro atoms. The van der Waals surface area contributed by atoms with Gasteiger partial charge in [0.25, 0.3) is 0 Å². The van der Waals surface area contributed by atoms with Crippen LogP contribution in [0.15, 0.2) is 11.4 Å². The Hall–Kier alpha value is -1.30. The summed E-state index contributed by atoms with van der Waals surface area (Å²) in [7, 11) is 0. The molecule has 1 fully saturated rings. The quantitative estimate of drug-likeness (QED) is 0.502. The second kappa shape index (κ2) is 6.75. The van der Waals surface area contributed by atoms with Gasteiger partial charge in [-0.2, -0.15) is 0 Å². The molecule has 104 valence electrons. The van der Waals surface area contributed by atoms with E-state index >= 15 is 0 Å². The Bertz CT molecular complexity index is 446. The fourth-order valence-electron chi connectivity index (χ4n) is 2.35. The van der Waals surface area contributed by atoms with Crippen molar-refractivity contribution in [3.05, 3.63) is 11.8 Å². The molecule has 6 heteroatoms. The van der Waals surface area contributed by atoms with Crippen molar-refractivity contribution in [1.82, 2.24) is 9.97 Å². The van der Waals surface area contributed by atoms with E-state index in [1.807, 2.05) is 6.26 Å². The van der Waals surface area contributed by atoms with Crippen LogP contribution in [0.3, 0.4) is 0 Å². The topological polar surface area (TPSA) is 75.1 Å². The zero-order chi connectivity index (χ0) is 13.7. The molecule has 1 aromatic heterocycles. The number of carboxylic acid groups (broad SMARTS) is 1. The third-order valence-electron chi connectivity index (χ3n) is 3.38. The predicted octanol–water partition coefficient (Wildman–Crippen LogP) is 3.03. The van der Waals surface area contributed by atoms with Gasteiger partial charge >= 0.3 is 5.97 Å². The minimum atomic E-state index is -0.983. The molecule has 2 N–H and O–H groups in total. The Labute approximate surface area is 117 Å². The van der Waals surface area contributed by atoms with E-state index < -0.39 is 5.97 Å². The Morgan fingerprint density at radius 3 is 2.63 bits per heavy atom. The van der Waals surface area contributed by atoms with E-state index in [4.69, 9.17) is 0 Å². The van der Waals surface area contributed by atoms with Crippen molar-refractivity contribution in [1.29, 1.82) is 0 Å². The molecule has 1 saturated carbocycles. The van der Waals surface area contributed by atoms with Crippen LogP contribution in [0, 0.1) is 0 Å². The molecule has 19 heavy (non-hydrogen) atoms. The molecule has 0 saturated heterocycles. The molecule has 1 aromatic rings. The highest BCUT2D eigenvalue weighted by Gasteiger charge is 2.18. The summed E-state index contributed by atoms with van der Waals surface area (Å²) in [5.41, 5.74) is 0.155. The predicted molar refractivity (Wildman–Crippen MR) is 75.9 cm³/mol. The number of hydrogen-bond donors (Lipinski definition) is 2.